The highest BCUT2D eigenvalue weighted by atomic mass is 16.5. The third-order valence-corrected chi connectivity index (χ3v) is 6.80. The van der Waals surface area contributed by atoms with Gasteiger partial charge in [0.2, 0.25) is 5.91 Å². The molecular weight excluding hydrogens is 404 g/mol. The predicted molar refractivity (Wildman–Crippen MR) is 123 cm³/mol. The highest BCUT2D eigenvalue weighted by Crippen LogP contribution is 2.41. The topological polar surface area (TPSA) is 59.1 Å². The van der Waals surface area contributed by atoms with E-state index in [0.717, 1.165) is 42.8 Å². The summed E-state index contributed by atoms with van der Waals surface area (Å²) in [5.41, 5.74) is 2.55. The lowest BCUT2D eigenvalue weighted by Gasteiger charge is -2.31. The Bertz CT molecular complexity index is 984. The summed E-state index contributed by atoms with van der Waals surface area (Å²) in [7, 11) is 3.27. The summed E-state index contributed by atoms with van der Waals surface area (Å²) in [5.74, 6) is 1.10. The fourth-order valence-electron chi connectivity index (χ4n) is 5.00. The maximum atomic E-state index is 13.6. The average molecular weight is 437 g/mol. The van der Waals surface area contributed by atoms with Crippen molar-refractivity contribution >= 4 is 11.8 Å². The largest absolute Gasteiger partial charge is 0.497 e. The molecule has 0 aliphatic carbocycles. The quantitative estimate of drug-likeness (QED) is 0.714. The standard InChI is InChI=1S/C26H32N2O4/c1-18-9-5-6-10-20(18)25(29)28-16-22(21-15-19(31-2)11-12-24(21)32-3)23(17-28)26(30)27-13-7-4-8-14-27/h5-6,9-12,15,22-23H,4,7-8,13-14,16-17H2,1-3H3/t22-,23+/m1/s1. The molecule has 0 aromatic heterocycles. The van der Waals surface area contributed by atoms with Gasteiger partial charge in [-0.15, -0.1) is 0 Å². The van der Waals surface area contributed by atoms with Crippen molar-refractivity contribution in [1.82, 2.24) is 9.80 Å². The van der Waals surface area contributed by atoms with Crippen LogP contribution in [0.3, 0.4) is 0 Å². The van der Waals surface area contributed by atoms with Crippen molar-refractivity contribution in [3.05, 3.63) is 59.2 Å². The molecule has 0 saturated carbocycles. The van der Waals surface area contributed by atoms with Crippen LogP contribution in [0, 0.1) is 12.8 Å². The fourth-order valence-corrected chi connectivity index (χ4v) is 5.00. The molecular formula is C26H32N2O4. The SMILES string of the molecule is COc1ccc(OC)c([C@H]2CN(C(=O)c3ccccc3C)C[C@@H]2C(=O)N2CCCCC2)c1. The zero-order chi connectivity index (χ0) is 22.7. The number of piperidine rings is 1. The van der Waals surface area contributed by atoms with Crippen molar-refractivity contribution < 1.29 is 19.1 Å². The average Bonchev–Trinajstić information content (AvgIpc) is 3.29. The Hall–Kier alpha value is -3.02. The maximum absolute atomic E-state index is 13.6. The Morgan fingerprint density at radius 3 is 2.34 bits per heavy atom. The van der Waals surface area contributed by atoms with Crippen LogP contribution >= 0.6 is 0 Å². The summed E-state index contributed by atoms with van der Waals surface area (Å²) in [6, 6.07) is 13.3. The van der Waals surface area contributed by atoms with Crippen LogP contribution in [0.1, 0.15) is 46.7 Å². The zero-order valence-corrected chi connectivity index (χ0v) is 19.2. The minimum Gasteiger partial charge on any atom is -0.497 e. The van der Waals surface area contributed by atoms with Crippen molar-refractivity contribution in [2.45, 2.75) is 32.1 Å². The van der Waals surface area contributed by atoms with Gasteiger partial charge >= 0.3 is 0 Å². The second-order valence-electron chi connectivity index (χ2n) is 8.73. The Balaban J connectivity index is 1.69. The number of carbonyl (C=O) groups excluding carboxylic acids is 2. The molecule has 2 amide bonds. The molecule has 0 bridgehead atoms. The van der Waals surface area contributed by atoms with Crippen LogP contribution < -0.4 is 9.47 Å². The van der Waals surface area contributed by atoms with E-state index in [-0.39, 0.29) is 23.7 Å². The number of benzene rings is 2. The number of hydrogen-bond acceptors (Lipinski definition) is 4. The molecule has 2 saturated heterocycles. The van der Waals surface area contributed by atoms with E-state index in [0.29, 0.717) is 24.4 Å². The van der Waals surface area contributed by atoms with Crippen LogP contribution in [-0.2, 0) is 4.79 Å². The summed E-state index contributed by atoms with van der Waals surface area (Å²) >= 11 is 0. The molecule has 6 nitrogen and oxygen atoms in total. The Kier molecular flexibility index (Phi) is 6.68. The van der Waals surface area contributed by atoms with Crippen molar-refractivity contribution in [3.8, 4) is 11.5 Å². The third kappa shape index (κ3) is 4.31. The van der Waals surface area contributed by atoms with Crippen LogP contribution in [0.25, 0.3) is 0 Å². The molecule has 0 spiro atoms. The first-order valence-corrected chi connectivity index (χ1v) is 11.4. The third-order valence-electron chi connectivity index (χ3n) is 6.80. The molecule has 6 heteroatoms. The molecule has 170 valence electrons. The summed E-state index contributed by atoms with van der Waals surface area (Å²) < 4.78 is 11.1. The lowest BCUT2D eigenvalue weighted by Crippen LogP contribution is -2.42. The minimum atomic E-state index is -0.304. The van der Waals surface area contributed by atoms with Gasteiger partial charge in [0.25, 0.3) is 5.91 Å². The number of ether oxygens (including phenoxy) is 2. The Morgan fingerprint density at radius 2 is 1.66 bits per heavy atom. The second kappa shape index (κ2) is 9.63. The molecule has 2 heterocycles. The first-order valence-electron chi connectivity index (χ1n) is 11.4. The summed E-state index contributed by atoms with van der Waals surface area (Å²) in [5, 5.41) is 0. The smallest absolute Gasteiger partial charge is 0.254 e. The van der Waals surface area contributed by atoms with E-state index in [4.69, 9.17) is 9.47 Å². The van der Waals surface area contributed by atoms with E-state index in [2.05, 4.69) is 0 Å². The van der Waals surface area contributed by atoms with Gasteiger partial charge in [-0.1, -0.05) is 18.2 Å². The normalized spacial score (nSPS) is 20.8. The van der Waals surface area contributed by atoms with Gasteiger partial charge in [0.1, 0.15) is 11.5 Å². The highest BCUT2D eigenvalue weighted by molar-refractivity contribution is 5.96. The first-order chi connectivity index (χ1) is 15.5. The number of likely N-dealkylation sites (tertiary alicyclic amines) is 2. The minimum absolute atomic E-state index is 0.0242. The molecule has 4 rings (SSSR count). The molecule has 2 aliphatic heterocycles. The van der Waals surface area contributed by atoms with E-state index in [1.807, 2.05) is 59.2 Å². The number of aryl methyl sites for hydroxylation is 1. The summed E-state index contributed by atoms with van der Waals surface area (Å²) in [6.07, 6.45) is 3.24. The predicted octanol–water partition coefficient (Wildman–Crippen LogP) is 3.88. The zero-order valence-electron chi connectivity index (χ0n) is 19.2. The first kappa shape index (κ1) is 22.2. The van der Waals surface area contributed by atoms with Gasteiger partial charge in [0.15, 0.2) is 0 Å². The maximum Gasteiger partial charge on any atom is 0.254 e. The molecule has 2 fully saturated rings. The van der Waals surface area contributed by atoms with Crippen LogP contribution in [0.5, 0.6) is 11.5 Å². The van der Waals surface area contributed by atoms with E-state index < -0.39 is 0 Å². The van der Waals surface area contributed by atoms with Crippen molar-refractivity contribution in [1.29, 1.82) is 0 Å². The number of amides is 2. The number of methoxy groups -OCH3 is 2. The van der Waals surface area contributed by atoms with E-state index in [1.165, 1.54) is 6.42 Å². The molecule has 2 aliphatic rings. The van der Waals surface area contributed by atoms with Gasteiger partial charge in [-0.25, -0.2) is 0 Å². The Morgan fingerprint density at radius 1 is 0.906 bits per heavy atom. The summed E-state index contributed by atoms with van der Waals surface area (Å²) in [4.78, 5) is 30.9. The van der Waals surface area contributed by atoms with Crippen molar-refractivity contribution in [3.63, 3.8) is 0 Å². The monoisotopic (exact) mass is 436 g/mol. The van der Waals surface area contributed by atoms with Gasteiger partial charge in [-0.2, -0.15) is 0 Å². The van der Waals surface area contributed by atoms with E-state index >= 15 is 0 Å². The number of nitrogens with zero attached hydrogens (tertiary/aromatic N) is 2. The van der Waals surface area contributed by atoms with Crippen molar-refractivity contribution in [2.24, 2.45) is 5.92 Å². The number of carbonyl (C=O) groups is 2. The fraction of sp³-hybridized carbons (Fsp3) is 0.462. The van der Waals surface area contributed by atoms with Gasteiger partial charge < -0.3 is 19.3 Å². The lowest BCUT2D eigenvalue weighted by atomic mass is 9.86. The molecule has 2 aromatic carbocycles. The number of hydrogen-bond donors (Lipinski definition) is 0. The van der Waals surface area contributed by atoms with Gasteiger partial charge in [-0.3, -0.25) is 9.59 Å². The molecule has 0 N–H and O–H groups in total. The van der Waals surface area contributed by atoms with Crippen molar-refractivity contribution in [2.75, 3.05) is 40.4 Å². The van der Waals surface area contributed by atoms with Crippen LogP contribution in [0.4, 0.5) is 0 Å². The van der Waals surface area contributed by atoms with Gasteiger partial charge in [-0.05, 0) is 56.0 Å². The number of rotatable bonds is 5. The highest BCUT2D eigenvalue weighted by Gasteiger charge is 2.43. The van der Waals surface area contributed by atoms with E-state index in [1.54, 1.807) is 14.2 Å². The van der Waals surface area contributed by atoms with Crippen LogP contribution in [0.2, 0.25) is 0 Å². The molecule has 0 radical (unpaired) electrons. The second-order valence-corrected chi connectivity index (χ2v) is 8.73. The van der Waals surface area contributed by atoms with E-state index in [9.17, 15) is 9.59 Å². The lowest BCUT2D eigenvalue weighted by molar-refractivity contribution is -0.136. The van der Waals surface area contributed by atoms with Crippen LogP contribution in [0.15, 0.2) is 42.5 Å². The van der Waals surface area contributed by atoms with Gasteiger partial charge in [0, 0.05) is 43.2 Å². The summed E-state index contributed by atoms with van der Waals surface area (Å²) in [6.45, 7) is 4.42. The van der Waals surface area contributed by atoms with Crippen LogP contribution in [-0.4, -0.2) is 62.0 Å². The molecule has 2 atom stereocenters. The molecule has 2 aromatic rings. The Labute approximate surface area is 190 Å². The van der Waals surface area contributed by atoms with Gasteiger partial charge in [0.05, 0.1) is 20.1 Å². The molecule has 32 heavy (non-hydrogen) atoms. The molecule has 0 unspecified atom stereocenters.